The first kappa shape index (κ1) is 12.5. The first-order chi connectivity index (χ1) is 8.09. The number of hydrogen-bond donors (Lipinski definition) is 1. The minimum absolute atomic E-state index is 0.110. The molecule has 0 aliphatic heterocycles. The van der Waals surface area contributed by atoms with Gasteiger partial charge in [0, 0.05) is 18.7 Å². The van der Waals surface area contributed by atoms with Gasteiger partial charge in [-0.15, -0.1) is 0 Å². The van der Waals surface area contributed by atoms with E-state index in [1.165, 1.54) is 25.3 Å². The van der Waals surface area contributed by atoms with Crippen LogP contribution in [0.1, 0.15) is 43.7 Å². The Morgan fingerprint density at radius 3 is 2.71 bits per heavy atom. The standard InChI is InChI=1S/C14H19F2N/c1-14(6-3-7-14)10-17-9-11-4-2-5-12(8-11)13(15)16/h2,4-5,8,13,17H,3,6-7,9-10H2,1H3. The monoisotopic (exact) mass is 239 g/mol. The average Bonchev–Trinajstić information content (AvgIpc) is 2.27. The molecule has 2 rings (SSSR count). The van der Waals surface area contributed by atoms with Gasteiger partial charge in [-0.3, -0.25) is 0 Å². The first-order valence-corrected chi connectivity index (χ1v) is 6.17. The molecule has 0 saturated heterocycles. The van der Waals surface area contributed by atoms with Crippen molar-refractivity contribution in [3.05, 3.63) is 35.4 Å². The lowest BCUT2D eigenvalue weighted by molar-refractivity contribution is 0.151. The van der Waals surface area contributed by atoms with E-state index in [4.69, 9.17) is 0 Å². The summed E-state index contributed by atoms with van der Waals surface area (Å²) in [4.78, 5) is 0. The normalized spacial score (nSPS) is 18.1. The highest BCUT2D eigenvalue weighted by Crippen LogP contribution is 2.39. The molecule has 0 aromatic heterocycles. The lowest BCUT2D eigenvalue weighted by Gasteiger charge is -2.38. The van der Waals surface area contributed by atoms with Crippen LogP contribution >= 0.6 is 0 Å². The van der Waals surface area contributed by atoms with Crippen molar-refractivity contribution in [1.29, 1.82) is 0 Å². The molecular weight excluding hydrogens is 220 g/mol. The third-order valence-corrected chi connectivity index (χ3v) is 3.64. The van der Waals surface area contributed by atoms with Crippen molar-refractivity contribution in [2.75, 3.05) is 6.54 Å². The van der Waals surface area contributed by atoms with E-state index in [0.29, 0.717) is 12.0 Å². The SMILES string of the molecule is CC1(CNCc2cccc(C(F)F)c2)CCC1. The van der Waals surface area contributed by atoms with Gasteiger partial charge in [0.2, 0.25) is 0 Å². The zero-order valence-electron chi connectivity index (χ0n) is 10.2. The molecule has 1 aromatic rings. The number of halogens is 2. The molecule has 0 spiro atoms. The Kier molecular flexibility index (Phi) is 3.77. The van der Waals surface area contributed by atoms with E-state index in [-0.39, 0.29) is 5.56 Å². The topological polar surface area (TPSA) is 12.0 Å². The molecule has 0 atom stereocenters. The van der Waals surface area contributed by atoms with E-state index in [2.05, 4.69) is 12.2 Å². The van der Waals surface area contributed by atoms with Crippen LogP contribution < -0.4 is 5.32 Å². The third-order valence-electron chi connectivity index (χ3n) is 3.64. The van der Waals surface area contributed by atoms with Gasteiger partial charge >= 0.3 is 0 Å². The van der Waals surface area contributed by atoms with Crippen molar-refractivity contribution in [2.45, 2.75) is 39.2 Å². The van der Waals surface area contributed by atoms with Crippen LogP contribution in [0.2, 0.25) is 0 Å². The van der Waals surface area contributed by atoms with Crippen LogP contribution in [0.15, 0.2) is 24.3 Å². The molecule has 0 unspecified atom stereocenters. The second kappa shape index (κ2) is 5.13. The molecule has 1 N–H and O–H groups in total. The van der Waals surface area contributed by atoms with Crippen LogP contribution in [-0.4, -0.2) is 6.54 Å². The molecule has 0 bridgehead atoms. The summed E-state index contributed by atoms with van der Waals surface area (Å²) < 4.78 is 25.0. The lowest BCUT2D eigenvalue weighted by Crippen LogP contribution is -2.36. The van der Waals surface area contributed by atoms with E-state index in [0.717, 1.165) is 12.1 Å². The minimum Gasteiger partial charge on any atom is -0.312 e. The predicted octanol–water partition coefficient (Wildman–Crippen LogP) is 3.90. The van der Waals surface area contributed by atoms with Crippen LogP contribution in [0, 0.1) is 5.41 Å². The number of rotatable bonds is 5. The molecule has 17 heavy (non-hydrogen) atoms. The second-order valence-corrected chi connectivity index (χ2v) is 5.31. The summed E-state index contributed by atoms with van der Waals surface area (Å²) >= 11 is 0. The molecule has 3 heteroatoms. The number of hydrogen-bond acceptors (Lipinski definition) is 1. The summed E-state index contributed by atoms with van der Waals surface area (Å²) in [6, 6.07) is 6.65. The van der Waals surface area contributed by atoms with E-state index in [1.807, 2.05) is 6.07 Å². The van der Waals surface area contributed by atoms with Gasteiger partial charge in [0.25, 0.3) is 6.43 Å². The Morgan fingerprint density at radius 2 is 2.12 bits per heavy atom. The van der Waals surface area contributed by atoms with Crippen LogP contribution in [-0.2, 0) is 6.54 Å². The highest BCUT2D eigenvalue weighted by atomic mass is 19.3. The van der Waals surface area contributed by atoms with Crippen LogP contribution in [0.4, 0.5) is 8.78 Å². The van der Waals surface area contributed by atoms with Gasteiger partial charge in [0.15, 0.2) is 0 Å². The van der Waals surface area contributed by atoms with E-state index < -0.39 is 6.43 Å². The van der Waals surface area contributed by atoms with Crippen molar-refractivity contribution in [3.8, 4) is 0 Å². The van der Waals surface area contributed by atoms with E-state index >= 15 is 0 Å². The fourth-order valence-corrected chi connectivity index (χ4v) is 2.30. The molecule has 1 aliphatic carbocycles. The molecule has 94 valence electrons. The summed E-state index contributed by atoms with van der Waals surface area (Å²) in [5.41, 5.74) is 1.48. The smallest absolute Gasteiger partial charge is 0.263 e. The van der Waals surface area contributed by atoms with Gasteiger partial charge in [-0.1, -0.05) is 31.5 Å². The van der Waals surface area contributed by atoms with E-state index in [1.54, 1.807) is 12.1 Å². The quantitative estimate of drug-likeness (QED) is 0.821. The van der Waals surface area contributed by atoms with Gasteiger partial charge in [-0.2, -0.15) is 0 Å². The molecule has 1 nitrogen and oxygen atoms in total. The number of alkyl halides is 2. The Balaban J connectivity index is 1.84. The Hall–Kier alpha value is -0.960. The molecule has 1 aliphatic rings. The van der Waals surface area contributed by atoms with Crippen molar-refractivity contribution >= 4 is 0 Å². The summed E-state index contributed by atoms with van der Waals surface area (Å²) in [5, 5.41) is 3.37. The molecule has 0 heterocycles. The van der Waals surface area contributed by atoms with Crippen molar-refractivity contribution < 1.29 is 8.78 Å². The maximum absolute atomic E-state index is 12.5. The van der Waals surface area contributed by atoms with Gasteiger partial charge < -0.3 is 5.32 Å². The van der Waals surface area contributed by atoms with Crippen LogP contribution in [0.25, 0.3) is 0 Å². The van der Waals surface area contributed by atoms with Crippen molar-refractivity contribution in [3.63, 3.8) is 0 Å². The Labute approximate surface area is 101 Å². The van der Waals surface area contributed by atoms with E-state index in [9.17, 15) is 8.78 Å². The molecule has 1 saturated carbocycles. The van der Waals surface area contributed by atoms with Crippen molar-refractivity contribution in [1.82, 2.24) is 5.32 Å². The van der Waals surface area contributed by atoms with Crippen LogP contribution in [0.3, 0.4) is 0 Å². The second-order valence-electron chi connectivity index (χ2n) is 5.31. The molecule has 0 amide bonds. The zero-order valence-corrected chi connectivity index (χ0v) is 10.2. The average molecular weight is 239 g/mol. The first-order valence-electron chi connectivity index (χ1n) is 6.17. The zero-order chi connectivity index (χ0) is 12.3. The van der Waals surface area contributed by atoms with Crippen molar-refractivity contribution in [2.24, 2.45) is 5.41 Å². The number of nitrogens with one attached hydrogen (secondary N) is 1. The Morgan fingerprint density at radius 1 is 1.35 bits per heavy atom. The minimum atomic E-state index is -2.38. The summed E-state index contributed by atoms with van der Waals surface area (Å²) in [7, 11) is 0. The summed E-state index contributed by atoms with van der Waals surface area (Å²) in [6.45, 7) is 3.93. The fraction of sp³-hybridized carbons (Fsp3) is 0.571. The van der Waals surface area contributed by atoms with Gasteiger partial charge in [0.05, 0.1) is 0 Å². The fourth-order valence-electron chi connectivity index (χ4n) is 2.30. The summed E-state index contributed by atoms with van der Waals surface area (Å²) in [5.74, 6) is 0. The van der Waals surface area contributed by atoms with Crippen LogP contribution in [0.5, 0.6) is 0 Å². The molecule has 1 aromatic carbocycles. The van der Waals surface area contributed by atoms with Gasteiger partial charge in [-0.05, 0) is 29.9 Å². The highest BCUT2D eigenvalue weighted by Gasteiger charge is 2.30. The summed E-state index contributed by atoms with van der Waals surface area (Å²) in [6.07, 6.45) is 1.49. The van der Waals surface area contributed by atoms with Gasteiger partial charge in [-0.25, -0.2) is 8.78 Å². The van der Waals surface area contributed by atoms with Gasteiger partial charge in [0.1, 0.15) is 0 Å². The third kappa shape index (κ3) is 3.25. The largest absolute Gasteiger partial charge is 0.312 e. The maximum atomic E-state index is 12.5. The maximum Gasteiger partial charge on any atom is 0.263 e. The Bertz CT molecular complexity index is 372. The molecule has 1 fully saturated rings. The predicted molar refractivity (Wildman–Crippen MR) is 65.1 cm³/mol. The lowest BCUT2D eigenvalue weighted by atomic mass is 9.70. The molecule has 0 radical (unpaired) electrons. The number of benzene rings is 1. The molecular formula is C14H19F2N. The highest BCUT2D eigenvalue weighted by molar-refractivity contribution is 5.24.